The SMILES string of the molecule is CC1(c2cccc(C(N)=O)c2)NC(=O)N(CC(=O)c2c[nH]c(C(=O)N3CCCC3)c2)C1=O. The van der Waals surface area contributed by atoms with Crippen molar-refractivity contribution in [1.29, 1.82) is 0 Å². The van der Waals surface area contributed by atoms with E-state index in [0.29, 0.717) is 24.3 Å². The molecule has 0 aliphatic carbocycles. The Bertz CT molecular complexity index is 1130. The van der Waals surface area contributed by atoms with Crippen molar-refractivity contribution in [2.24, 2.45) is 5.73 Å². The maximum Gasteiger partial charge on any atom is 0.325 e. The van der Waals surface area contributed by atoms with Crippen LogP contribution in [0.5, 0.6) is 0 Å². The number of hydrogen-bond donors (Lipinski definition) is 3. The first kappa shape index (κ1) is 21.3. The molecule has 2 fully saturated rings. The first-order valence-electron chi connectivity index (χ1n) is 10.3. The summed E-state index contributed by atoms with van der Waals surface area (Å²) in [7, 11) is 0. The van der Waals surface area contributed by atoms with E-state index in [2.05, 4.69) is 10.3 Å². The summed E-state index contributed by atoms with van der Waals surface area (Å²) in [5.74, 6) is -1.95. The lowest BCUT2D eigenvalue weighted by Crippen LogP contribution is -2.41. The van der Waals surface area contributed by atoms with Crippen LogP contribution in [0.25, 0.3) is 0 Å². The van der Waals surface area contributed by atoms with Gasteiger partial charge in [-0.2, -0.15) is 0 Å². The highest BCUT2D eigenvalue weighted by molar-refractivity contribution is 6.11. The molecule has 5 amide bonds. The number of nitrogens with two attached hydrogens (primary N) is 1. The number of carbonyl (C=O) groups excluding carboxylic acids is 5. The highest BCUT2D eigenvalue weighted by atomic mass is 16.2. The van der Waals surface area contributed by atoms with Crippen molar-refractivity contribution in [3.63, 3.8) is 0 Å². The average molecular weight is 437 g/mol. The second-order valence-corrected chi connectivity index (χ2v) is 8.12. The summed E-state index contributed by atoms with van der Waals surface area (Å²) < 4.78 is 0. The lowest BCUT2D eigenvalue weighted by atomic mass is 9.90. The summed E-state index contributed by atoms with van der Waals surface area (Å²) >= 11 is 0. The van der Waals surface area contributed by atoms with E-state index in [9.17, 15) is 24.0 Å². The Morgan fingerprint density at radius 3 is 2.50 bits per heavy atom. The highest BCUT2D eigenvalue weighted by Crippen LogP contribution is 2.29. The van der Waals surface area contributed by atoms with Gasteiger partial charge < -0.3 is 20.9 Å². The number of nitrogens with zero attached hydrogens (tertiary/aromatic N) is 2. The zero-order valence-corrected chi connectivity index (χ0v) is 17.5. The summed E-state index contributed by atoms with van der Waals surface area (Å²) in [6, 6.07) is 6.82. The molecule has 2 aromatic rings. The second kappa shape index (κ2) is 7.95. The number of rotatable bonds is 6. The molecule has 4 N–H and O–H groups in total. The van der Waals surface area contributed by atoms with Crippen molar-refractivity contribution < 1.29 is 24.0 Å². The van der Waals surface area contributed by atoms with Gasteiger partial charge >= 0.3 is 6.03 Å². The van der Waals surface area contributed by atoms with E-state index < -0.39 is 35.7 Å². The van der Waals surface area contributed by atoms with Crippen molar-refractivity contribution in [1.82, 2.24) is 20.1 Å². The molecule has 2 aliphatic heterocycles. The number of carbonyl (C=O) groups is 5. The number of aromatic amines is 1. The third-order valence-corrected chi connectivity index (χ3v) is 5.93. The van der Waals surface area contributed by atoms with Crippen LogP contribution in [0.1, 0.15) is 56.5 Å². The Hall–Kier alpha value is -3.95. The fourth-order valence-corrected chi connectivity index (χ4v) is 4.02. The molecule has 1 atom stereocenters. The van der Waals surface area contributed by atoms with Crippen molar-refractivity contribution in [3.8, 4) is 0 Å². The number of primary amides is 1. The average Bonchev–Trinajstić information content (AvgIpc) is 3.52. The third-order valence-electron chi connectivity index (χ3n) is 5.93. The lowest BCUT2D eigenvalue weighted by molar-refractivity contribution is -0.130. The van der Waals surface area contributed by atoms with E-state index in [1.54, 1.807) is 17.0 Å². The molecule has 2 saturated heterocycles. The zero-order chi connectivity index (χ0) is 23.0. The number of aromatic nitrogens is 1. The van der Waals surface area contributed by atoms with Crippen LogP contribution in [-0.2, 0) is 10.3 Å². The van der Waals surface area contributed by atoms with Gasteiger partial charge in [-0.3, -0.25) is 24.1 Å². The van der Waals surface area contributed by atoms with Gasteiger partial charge in [0.1, 0.15) is 11.2 Å². The van der Waals surface area contributed by atoms with Crippen LogP contribution in [0, 0.1) is 0 Å². The fraction of sp³-hybridized carbons (Fsp3) is 0.318. The first-order chi connectivity index (χ1) is 15.2. The monoisotopic (exact) mass is 437 g/mol. The zero-order valence-electron chi connectivity index (χ0n) is 17.5. The van der Waals surface area contributed by atoms with Crippen LogP contribution in [-0.4, -0.2) is 64.0 Å². The first-order valence-corrected chi connectivity index (χ1v) is 10.3. The lowest BCUT2D eigenvalue weighted by Gasteiger charge is -2.22. The summed E-state index contributed by atoms with van der Waals surface area (Å²) in [5.41, 5.74) is 4.94. The molecule has 0 radical (unpaired) electrons. The molecule has 1 unspecified atom stereocenters. The Morgan fingerprint density at radius 2 is 1.81 bits per heavy atom. The molecule has 0 bridgehead atoms. The summed E-state index contributed by atoms with van der Waals surface area (Å²) in [6.07, 6.45) is 3.30. The Labute approximate surface area is 183 Å². The van der Waals surface area contributed by atoms with E-state index >= 15 is 0 Å². The normalized spacial score (nSPS) is 20.5. The van der Waals surface area contributed by atoms with Gasteiger partial charge in [0.05, 0.1) is 6.54 Å². The van der Waals surface area contributed by atoms with E-state index in [1.165, 1.54) is 31.3 Å². The van der Waals surface area contributed by atoms with Crippen LogP contribution in [0.4, 0.5) is 4.79 Å². The summed E-state index contributed by atoms with van der Waals surface area (Å²) in [4.78, 5) is 67.7. The van der Waals surface area contributed by atoms with Gasteiger partial charge in [0.25, 0.3) is 11.8 Å². The highest BCUT2D eigenvalue weighted by Gasteiger charge is 2.49. The minimum Gasteiger partial charge on any atom is -0.366 e. The molecular weight excluding hydrogens is 414 g/mol. The van der Waals surface area contributed by atoms with Gasteiger partial charge in [-0.25, -0.2) is 4.79 Å². The summed E-state index contributed by atoms with van der Waals surface area (Å²) in [6.45, 7) is 2.38. The van der Waals surface area contributed by atoms with Gasteiger partial charge in [0.15, 0.2) is 5.78 Å². The summed E-state index contributed by atoms with van der Waals surface area (Å²) in [5, 5.41) is 2.59. The number of H-pyrrole nitrogens is 1. The largest absolute Gasteiger partial charge is 0.366 e. The molecule has 4 rings (SSSR count). The molecular formula is C22H23N5O5. The van der Waals surface area contributed by atoms with E-state index in [0.717, 1.165) is 17.7 Å². The fourth-order valence-electron chi connectivity index (χ4n) is 4.02. The second-order valence-electron chi connectivity index (χ2n) is 8.12. The van der Waals surface area contributed by atoms with E-state index in [-0.39, 0.29) is 17.0 Å². The molecule has 32 heavy (non-hydrogen) atoms. The molecule has 166 valence electrons. The van der Waals surface area contributed by atoms with Crippen LogP contribution in [0.2, 0.25) is 0 Å². The van der Waals surface area contributed by atoms with Crippen LogP contribution < -0.4 is 11.1 Å². The maximum atomic E-state index is 13.1. The number of amides is 5. The Balaban J connectivity index is 1.50. The molecule has 2 aliphatic rings. The number of ketones is 1. The number of nitrogens with one attached hydrogen (secondary N) is 2. The number of likely N-dealkylation sites (tertiary alicyclic amines) is 1. The number of benzene rings is 1. The van der Waals surface area contributed by atoms with Crippen molar-refractivity contribution in [2.75, 3.05) is 19.6 Å². The number of urea groups is 1. The quantitative estimate of drug-likeness (QED) is 0.456. The number of imide groups is 1. The Morgan fingerprint density at radius 1 is 1.09 bits per heavy atom. The molecule has 0 saturated carbocycles. The third kappa shape index (κ3) is 3.64. The van der Waals surface area contributed by atoms with Gasteiger partial charge in [0.2, 0.25) is 5.91 Å². The van der Waals surface area contributed by atoms with Crippen LogP contribution in [0.15, 0.2) is 36.5 Å². The van der Waals surface area contributed by atoms with Crippen molar-refractivity contribution >= 4 is 29.5 Å². The van der Waals surface area contributed by atoms with E-state index in [4.69, 9.17) is 5.73 Å². The minimum atomic E-state index is -1.45. The van der Waals surface area contributed by atoms with Gasteiger partial charge in [0, 0.05) is 30.4 Å². The van der Waals surface area contributed by atoms with Gasteiger partial charge in [-0.15, -0.1) is 0 Å². The predicted octanol–water partition coefficient (Wildman–Crippen LogP) is 0.999. The predicted molar refractivity (Wildman–Crippen MR) is 113 cm³/mol. The number of hydrogen-bond acceptors (Lipinski definition) is 5. The molecule has 3 heterocycles. The molecule has 0 spiro atoms. The van der Waals surface area contributed by atoms with Crippen LogP contribution in [0.3, 0.4) is 0 Å². The molecule has 10 heteroatoms. The smallest absolute Gasteiger partial charge is 0.325 e. The van der Waals surface area contributed by atoms with Gasteiger partial charge in [-0.05, 0) is 43.5 Å². The molecule has 10 nitrogen and oxygen atoms in total. The maximum absolute atomic E-state index is 13.1. The topological polar surface area (TPSA) is 146 Å². The van der Waals surface area contributed by atoms with Gasteiger partial charge in [-0.1, -0.05) is 12.1 Å². The Kier molecular flexibility index (Phi) is 5.29. The molecule has 1 aromatic carbocycles. The van der Waals surface area contributed by atoms with E-state index in [1.807, 2.05) is 0 Å². The van der Waals surface area contributed by atoms with Crippen molar-refractivity contribution in [3.05, 3.63) is 58.9 Å². The minimum absolute atomic E-state index is 0.182. The van der Waals surface area contributed by atoms with Crippen molar-refractivity contribution in [2.45, 2.75) is 25.3 Å². The van der Waals surface area contributed by atoms with Crippen LogP contribution >= 0.6 is 0 Å². The molecule has 1 aromatic heterocycles. The number of Topliss-reactive ketones (excluding diaryl/α,β-unsaturated/α-hetero) is 1. The standard InChI is InChI=1S/C22H23N5O5/c1-22(15-6-4-5-13(9-15)18(23)29)20(31)27(21(32)25-22)12-17(28)14-10-16(24-11-14)19(30)26-7-2-3-8-26/h4-6,9-11,24H,2-3,7-8,12H2,1H3,(H2,23,29)(H,25,32).